The fourth-order valence-electron chi connectivity index (χ4n) is 4.28. The van der Waals surface area contributed by atoms with Crippen LogP contribution in [0.4, 0.5) is 0 Å². The summed E-state index contributed by atoms with van der Waals surface area (Å²) in [5.41, 5.74) is 1.69. The number of carboxylic acids is 1. The highest BCUT2D eigenvalue weighted by Crippen LogP contribution is 2.46. The minimum Gasteiger partial charge on any atom is -0.493 e. The van der Waals surface area contributed by atoms with Crippen LogP contribution in [0.3, 0.4) is 0 Å². The first-order valence-corrected chi connectivity index (χ1v) is 11.4. The van der Waals surface area contributed by atoms with Crippen molar-refractivity contribution in [2.45, 2.75) is 57.3 Å². The van der Waals surface area contributed by atoms with E-state index in [1.807, 2.05) is 32.0 Å². The molecule has 1 fully saturated rings. The van der Waals surface area contributed by atoms with Crippen molar-refractivity contribution < 1.29 is 29.3 Å². The quantitative estimate of drug-likeness (QED) is 0.501. The molecule has 0 unspecified atom stereocenters. The van der Waals surface area contributed by atoms with Crippen LogP contribution in [0.2, 0.25) is 5.02 Å². The van der Waals surface area contributed by atoms with Crippen LogP contribution in [0.5, 0.6) is 5.75 Å². The van der Waals surface area contributed by atoms with E-state index in [0.717, 1.165) is 11.1 Å². The number of nitrogens with one attached hydrogen (secondary N) is 1. The first-order chi connectivity index (χ1) is 15.7. The minimum atomic E-state index is -0.921. The van der Waals surface area contributed by atoms with E-state index < -0.39 is 17.6 Å². The molecular weight excluding hydrogens is 446 g/mol. The highest BCUT2D eigenvalue weighted by atomic mass is 35.5. The molecule has 1 aliphatic rings. The van der Waals surface area contributed by atoms with Gasteiger partial charge < -0.3 is 25.0 Å². The topological polar surface area (TPSA) is 105 Å². The lowest BCUT2D eigenvalue weighted by Crippen LogP contribution is -2.51. The zero-order valence-corrected chi connectivity index (χ0v) is 19.6. The average Bonchev–Trinajstić information content (AvgIpc) is 2.74. The van der Waals surface area contributed by atoms with Gasteiger partial charge in [-0.05, 0) is 49.2 Å². The standard InChI is InChI=1S/C25H30ClNO6/c1-3-32-20-9-4-16(13-24(30)31)12-19(20)22-15-25(2,27-23(29)10-11-28)14-21(33-22)17-5-7-18(26)8-6-17/h4-9,12,21-22,28H,3,10-11,13-15H2,1-2H3,(H,27,29)(H,30,31)/t21-,22+,25+/m0/s1. The zero-order chi connectivity index (χ0) is 24.0. The monoisotopic (exact) mass is 475 g/mol. The van der Waals surface area contributed by atoms with Crippen molar-refractivity contribution in [3.05, 3.63) is 64.2 Å². The summed E-state index contributed by atoms with van der Waals surface area (Å²) in [6.07, 6.45) is 0.112. The second kappa shape index (κ2) is 11.0. The second-order valence-electron chi connectivity index (χ2n) is 8.53. The van der Waals surface area contributed by atoms with Gasteiger partial charge in [0.2, 0.25) is 5.91 Å². The Hall–Kier alpha value is -2.61. The van der Waals surface area contributed by atoms with Gasteiger partial charge >= 0.3 is 5.97 Å². The average molecular weight is 476 g/mol. The molecule has 0 aromatic heterocycles. The Bertz CT molecular complexity index is 979. The molecule has 2 aromatic carbocycles. The lowest BCUT2D eigenvalue weighted by molar-refractivity contribution is -0.136. The van der Waals surface area contributed by atoms with Crippen molar-refractivity contribution in [3.8, 4) is 5.75 Å². The van der Waals surface area contributed by atoms with Crippen LogP contribution < -0.4 is 10.1 Å². The molecule has 0 aliphatic carbocycles. The van der Waals surface area contributed by atoms with Crippen molar-refractivity contribution >= 4 is 23.5 Å². The molecule has 0 saturated carbocycles. The zero-order valence-electron chi connectivity index (χ0n) is 18.8. The number of hydrogen-bond donors (Lipinski definition) is 3. The first-order valence-electron chi connectivity index (χ1n) is 11.0. The number of benzene rings is 2. The van der Waals surface area contributed by atoms with Crippen molar-refractivity contribution in [1.82, 2.24) is 5.32 Å². The Balaban J connectivity index is 2.00. The predicted octanol–water partition coefficient (Wildman–Crippen LogP) is 4.22. The van der Waals surface area contributed by atoms with Gasteiger partial charge in [-0.2, -0.15) is 0 Å². The molecule has 3 rings (SSSR count). The number of amides is 1. The number of halogens is 1. The Morgan fingerprint density at radius 2 is 1.88 bits per heavy atom. The third kappa shape index (κ3) is 6.69. The molecule has 0 spiro atoms. The Kier molecular flexibility index (Phi) is 8.35. The van der Waals surface area contributed by atoms with E-state index in [1.54, 1.807) is 24.3 Å². The van der Waals surface area contributed by atoms with Crippen LogP contribution in [-0.4, -0.2) is 40.8 Å². The van der Waals surface area contributed by atoms with Gasteiger partial charge in [-0.3, -0.25) is 9.59 Å². The molecular formula is C25H30ClNO6. The van der Waals surface area contributed by atoms with Crippen molar-refractivity contribution in [3.63, 3.8) is 0 Å². The molecule has 1 heterocycles. The molecule has 3 atom stereocenters. The molecule has 0 radical (unpaired) electrons. The molecule has 2 aromatic rings. The lowest BCUT2D eigenvalue weighted by Gasteiger charge is -2.43. The van der Waals surface area contributed by atoms with E-state index >= 15 is 0 Å². The summed E-state index contributed by atoms with van der Waals surface area (Å²) in [6.45, 7) is 4.06. The summed E-state index contributed by atoms with van der Waals surface area (Å²) in [4.78, 5) is 23.6. The maximum atomic E-state index is 12.4. The third-order valence-corrected chi connectivity index (χ3v) is 5.95. The molecule has 3 N–H and O–H groups in total. The van der Waals surface area contributed by atoms with E-state index in [-0.39, 0.29) is 31.5 Å². The Morgan fingerprint density at radius 1 is 1.18 bits per heavy atom. The number of hydrogen-bond acceptors (Lipinski definition) is 5. The van der Waals surface area contributed by atoms with Crippen LogP contribution in [-0.2, 0) is 20.7 Å². The molecule has 1 aliphatic heterocycles. The van der Waals surface area contributed by atoms with Gasteiger partial charge in [-0.25, -0.2) is 0 Å². The first kappa shape index (κ1) is 25.0. The number of aliphatic hydroxyl groups is 1. The van der Waals surface area contributed by atoms with Gasteiger partial charge in [0.1, 0.15) is 5.75 Å². The van der Waals surface area contributed by atoms with Gasteiger partial charge in [0.25, 0.3) is 0 Å². The van der Waals surface area contributed by atoms with E-state index in [2.05, 4.69) is 5.32 Å². The number of carbonyl (C=O) groups excluding carboxylic acids is 1. The Morgan fingerprint density at radius 3 is 2.52 bits per heavy atom. The van der Waals surface area contributed by atoms with Gasteiger partial charge in [0.05, 0.1) is 31.8 Å². The molecule has 1 amide bonds. The number of aliphatic hydroxyl groups excluding tert-OH is 1. The summed E-state index contributed by atoms with van der Waals surface area (Å²) in [6, 6.07) is 12.7. The van der Waals surface area contributed by atoms with Crippen molar-refractivity contribution in [2.75, 3.05) is 13.2 Å². The number of ether oxygens (including phenoxy) is 2. The number of carboxylic acid groups (broad SMARTS) is 1. The largest absolute Gasteiger partial charge is 0.493 e. The third-order valence-electron chi connectivity index (χ3n) is 5.70. The normalized spacial score (nSPS) is 22.5. The van der Waals surface area contributed by atoms with Crippen LogP contribution in [0, 0.1) is 0 Å². The number of carbonyl (C=O) groups is 2. The van der Waals surface area contributed by atoms with Gasteiger partial charge in [-0.15, -0.1) is 0 Å². The SMILES string of the molecule is CCOc1ccc(CC(=O)O)cc1[C@H]1C[C@](C)(NC(=O)CCO)C[C@@H](c2ccc(Cl)cc2)O1. The van der Waals surface area contributed by atoms with Gasteiger partial charge in [-0.1, -0.05) is 29.8 Å². The summed E-state index contributed by atoms with van der Waals surface area (Å²) in [5.74, 6) is -0.535. The van der Waals surface area contributed by atoms with E-state index in [0.29, 0.717) is 35.8 Å². The molecule has 1 saturated heterocycles. The fourth-order valence-corrected chi connectivity index (χ4v) is 4.40. The number of rotatable bonds is 9. The molecule has 178 valence electrons. The van der Waals surface area contributed by atoms with Crippen LogP contribution in [0.1, 0.15) is 62.0 Å². The molecule has 33 heavy (non-hydrogen) atoms. The van der Waals surface area contributed by atoms with Crippen LogP contribution in [0.15, 0.2) is 42.5 Å². The van der Waals surface area contributed by atoms with Gasteiger partial charge in [0.15, 0.2) is 0 Å². The lowest BCUT2D eigenvalue weighted by atomic mass is 9.81. The van der Waals surface area contributed by atoms with Gasteiger partial charge in [0, 0.05) is 35.4 Å². The fraction of sp³-hybridized carbons (Fsp3) is 0.440. The van der Waals surface area contributed by atoms with E-state index in [4.69, 9.17) is 21.1 Å². The highest BCUT2D eigenvalue weighted by molar-refractivity contribution is 6.30. The van der Waals surface area contributed by atoms with E-state index in [1.165, 1.54) is 0 Å². The summed E-state index contributed by atoms with van der Waals surface area (Å²) in [7, 11) is 0. The molecule has 8 heteroatoms. The molecule has 0 bridgehead atoms. The predicted molar refractivity (Wildman–Crippen MR) is 124 cm³/mol. The number of aliphatic carboxylic acids is 1. The van der Waals surface area contributed by atoms with Crippen molar-refractivity contribution in [1.29, 1.82) is 0 Å². The maximum Gasteiger partial charge on any atom is 0.307 e. The highest BCUT2D eigenvalue weighted by Gasteiger charge is 2.41. The van der Waals surface area contributed by atoms with Crippen LogP contribution >= 0.6 is 11.6 Å². The van der Waals surface area contributed by atoms with Crippen LogP contribution in [0.25, 0.3) is 0 Å². The summed E-state index contributed by atoms with van der Waals surface area (Å²) < 4.78 is 12.3. The van der Waals surface area contributed by atoms with Crippen molar-refractivity contribution in [2.24, 2.45) is 0 Å². The summed E-state index contributed by atoms with van der Waals surface area (Å²) in [5, 5.41) is 22.1. The molecule has 7 nitrogen and oxygen atoms in total. The maximum absolute atomic E-state index is 12.4. The Labute approximate surface area is 198 Å². The summed E-state index contributed by atoms with van der Waals surface area (Å²) >= 11 is 6.06. The smallest absolute Gasteiger partial charge is 0.307 e. The minimum absolute atomic E-state index is 0.0189. The second-order valence-corrected chi connectivity index (χ2v) is 8.97. The van der Waals surface area contributed by atoms with E-state index in [9.17, 15) is 19.8 Å².